The monoisotopic (exact) mass is 312 g/mol. The standard InChI is InChI=1S/C15H24N2O3S/c1-11-9-13(16)10-12(2)15(11)21(18,19)17-7-8-20-14-5-3-4-6-14/h9-10,14,17H,3-8,16H2,1-2H3. The van der Waals surface area contributed by atoms with Crippen LogP contribution in [0.15, 0.2) is 17.0 Å². The Labute approximate surface area is 126 Å². The van der Waals surface area contributed by atoms with Gasteiger partial charge in [-0.3, -0.25) is 0 Å². The number of nitrogens with two attached hydrogens (primary N) is 1. The van der Waals surface area contributed by atoms with E-state index in [-0.39, 0.29) is 0 Å². The molecular weight excluding hydrogens is 288 g/mol. The lowest BCUT2D eigenvalue weighted by atomic mass is 10.1. The Balaban J connectivity index is 1.95. The number of hydrogen-bond donors (Lipinski definition) is 2. The zero-order chi connectivity index (χ0) is 15.5. The molecule has 1 aromatic carbocycles. The highest BCUT2D eigenvalue weighted by Crippen LogP contribution is 2.23. The maximum Gasteiger partial charge on any atom is 0.241 e. The van der Waals surface area contributed by atoms with Gasteiger partial charge in [-0.15, -0.1) is 0 Å². The summed E-state index contributed by atoms with van der Waals surface area (Å²) in [7, 11) is -3.52. The molecule has 0 radical (unpaired) electrons. The second kappa shape index (κ2) is 6.77. The van der Waals surface area contributed by atoms with Gasteiger partial charge in [-0.2, -0.15) is 0 Å². The summed E-state index contributed by atoms with van der Waals surface area (Å²) in [6.07, 6.45) is 4.89. The minimum Gasteiger partial charge on any atom is -0.399 e. The van der Waals surface area contributed by atoms with Crippen LogP contribution in [0.3, 0.4) is 0 Å². The molecule has 21 heavy (non-hydrogen) atoms. The van der Waals surface area contributed by atoms with Crippen LogP contribution in [-0.2, 0) is 14.8 Å². The molecular formula is C15H24N2O3S. The molecule has 1 aromatic rings. The average Bonchev–Trinajstić information content (AvgIpc) is 2.86. The predicted molar refractivity (Wildman–Crippen MR) is 83.7 cm³/mol. The Morgan fingerprint density at radius 3 is 2.38 bits per heavy atom. The van der Waals surface area contributed by atoms with E-state index in [2.05, 4.69) is 4.72 Å². The van der Waals surface area contributed by atoms with E-state index in [1.165, 1.54) is 12.8 Å². The van der Waals surface area contributed by atoms with Crippen molar-refractivity contribution in [2.24, 2.45) is 0 Å². The highest BCUT2D eigenvalue weighted by atomic mass is 32.2. The lowest BCUT2D eigenvalue weighted by Crippen LogP contribution is -2.29. The van der Waals surface area contributed by atoms with E-state index in [0.29, 0.717) is 41.0 Å². The summed E-state index contributed by atoms with van der Waals surface area (Å²) in [5, 5.41) is 0. The third-order valence-corrected chi connectivity index (χ3v) is 5.57. The third kappa shape index (κ3) is 4.18. The molecule has 1 saturated carbocycles. The van der Waals surface area contributed by atoms with E-state index in [1.807, 2.05) is 0 Å². The minimum absolute atomic E-state index is 0.294. The molecule has 2 rings (SSSR count). The summed E-state index contributed by atoms with van der Waals surface area (Å²) < 4.78 is 33.0. The van der Waals surface area contributed by atoms with Gasteiger partial charge in [0, 0.05) is 12.2 Å². The van der Waals surface area contributed by atoms with Gasteiger partial charge in [0.2, 0.25) is 10.0 Å². The number of nitrogens with one attached hydrogen (secondary N) is 1. The molecule has 0 spiro atoms. The van der Waals surface area contributed by atoms with Crippen LogP contribution in [-0.4, -0.2) is 27.7 Å². The Kier molecular flexibility index (Phi) is 5.24. The van der Waals surface area contributed by atoms with Crippen molar-refractivity contribution in [3.8, 4) is 0 Å². The Hall–Kier alpha value is -1.11. The predicted octanol–water partition coefficient (Wildman–Crippen LogP) is 2.12. The molecule has 3 N–H and O–H groups in total. The number of hydrogen-bond acceptors (Lipinski definition) is 4. The van der Waals surface area contributed by atoms with E-state index in [1.54, 1.807) is 26.0 Å². The van der Waals surface area contributed by atoms with Crippen LogP contribution in [0, 0.1) is 13.8 Å². The smallest absolute Gasteiger partial charge is 0.241 e. The van der Waals surface area contributed by atoms with Crippen molar-refractivity contribution in [1.29, 1.82) is 0 Å². The fourth-order valence-electron chi connectivity index (χ4n) is 2.94. The molecule has 6 heteroatoms. The molecule has 0 unspecified atom stereocenters. The zero-order valence-corrected chi connectivity index (χ0v) is 13.5. The minimum atomic E-state index is -3.52. The average molecular weight is 312 g/mol. The van der Waals surface area contributed by atoms with Gasteiger partial charge in [0.25, 0.3) is 0 Å². The largest absolute Gasteiger partial charge is 0.399 e. The Morgan fingerprint density at radius 2 is 1.81 bits per heavy atom. The highest BCUT2D eigenvalue weighted by molar-refractivity contribution is 7.89. The molecule has 0 atom stereocenters. The first-order chi connectivity index (χ1) is 9.90. The molecule has 5 nitrogen and oxygen atoms in total. The number of benzene rings is 1. The van der Waals surface area contributed by atoms with Crippen LogP contribution in [0.4, 0.5) is 5.69 Å². The quantitative estimate of drug-likeness (QED) is 0.623. The molecule has 0 aliphatic heterocycles. The number of nitrogen functional groups attached to an aromatic ring is 1. The van der Waals surface area contributed by atoms with Crippen LogP contribution in [0.1, 0.15) is 36.8 Å². The van der Waals surface area contributed by atoms with Crippen molar-refractivity contribution in [1.82, 2.24) is 4.72 Å². The van der Waals surface area contributed by atoms with Crippen LogP contribution in [0.5, 0.6) is 0 Å². The first kappa shape index (κ1) is 16.3. The van der Waals surface area contributed by atoms with Gasteiger partial charge in [-0.25, -0.2) is 13.1 Å². The third-order valence-electron chi connectivity index (χ3n) is 3.80. The molecule has 1 fully saturated rings. The van der Waals surface area contributed by atoms with Crippen molar-refractivity contribution in [3.63, 3.8) is 0 Å². The van der Waals surface area contributed by atoms with Gasteiger partial charge < -0.3 is 10.5 Å². The van der Waals surface area contributed by atoms with Crippen LogP contribution in [0.25, 0.3) is 0 Å². The van der Waals surface area contributed by atoms with Crippen molar-refractivity contribution in [2.75, 3.05) is 18.9 Å². The number of aryl methyl sites for hydroxylation is 2. The van der Waals surface area contributed by atoms with Crippen molar-refractivity contribution in [2.45, 2.75) is 50.5 Å². The lowest BCUT2D eigenvalue weighted by molar-refractivity contribution is 0.0626. The Bertz CT molecular complexity index is 570. The lowest BCUT2D eigenvalue weighted by Gasteiger charge is -2.14. The molecule has 0 bridgehead atoms. The van der Waals surface area contributed by atoms with E-state index in [4.69, 9.17) is 10.5 Å². The van der Waals surface area contributed by atoms with Gasteiger partial charge in [-0.1, -0.05) is 12.8 Å². The second-order valence-electron chi connectivity index (χ2n) is 5.66. The molecule has 118 valence electrons. The summed E-state index contributed by atoms with van der Waals surface area (Å²) in [5.74, 6) is 0. The second-order valence-corrected chi connectivity index (χ2v) is 7.36. The SMILES string of the molecule is Cc1cc(N)cc(C)c1S(=O)(=O)NCCOC1CCCC1. The van der Waals surface area contributed by atoms with Gasteiger partial charge in [0.05, 0.1) is 17.6 Å². The van der Waals surface area contributed by atoms with E-state index >= 15 is 0 Å². The van der Waals surface area contributed by atoms with E-state index in [0.717, 1.165) is 12.8 Å². The number of anilines is 1. The first-order valence-electron chi connectivity index (χ1n) is 7.38. The van der Waals surface area contributed by atoms with Gasteiger partial charge in [0.15, 0.2) is 0 Å². The molecule has 0 heterocycles. The summed E-state index contributed by atoms with van der Waals surface area (Å²) in [6, 6.07) is 3.35. The number of ether oxygens (including phenoxy) is 1. The van der Waals surface area contributed by atoms with Gasteiger partial charge in [-0.05, 0) is 49.9 Å². The maximum absolute atomic E-state index is 12.4. The van der Waals surface area contributed by atoms with Gasteiger partial charge in [0.1, 0.15) is 0 Å². The van der Waals surface area contributed by atoms with E-state index < -0.39 is 10.0 Å². The fourth-order valence-corrected chi connectivity index (χ4v) is 4.40. The van der Waals surface area contributed by atoms with E-state index in [9.17, 15) is 8.42 Å². The highest BCUT2D eigenvalue weighted by Gasteiger charge is 2.20. The molecule has 0 saturated heterocycles. The molecule has 0 aromatic heterocycles. The van der Waals surface area contributed by atoms with Crippen molar-refractivity contribution < 1.29 is 13.2 Å². The molecule has 0 amide bonds. The van der Waals surface area contributed by atoms with Crippen molar-refractivity contribution in [3.05, 3.63) is 23.3 Å². The van der Waals surface area contributed by atoms with Gasteiger partial charge >= 0.3 is 0 Å². The Morgan fingerprint density at radius 1 is 1.24 bits per heavy atom. The van der Waals surface area contributed by atoms with Crippen LogP contribution >= 0.6 is 0 Å². The van der Waals surface area contributed by atoms with Crippen molar-refractivity contribution >= 4 is 15.7 Å². The zero-order valence-electron chi connectivity index (χ0n) is 12.7. The topological polar surface area (TPSA) is 81.4 Å². The fraction of sp³-hybridized carbons (Fsp3) is 0.600. The molecule has 1 aliphatic carbocycles. The van der Waals surface area contributed by atoms with Crippen LogP contribution < -0.4 is 10.5 Å². The summed E-state index contributed by atoms with van der Waals surface area (Å²) in [5.41, 5.74) is 7.63. The normalized spacial score (nSPS) is 16.5. The molecule has 1 aliphatic rings. The summed E-state index contributed by atoms with van der Waals surface area (Å²) >= 11 is 0. The summed E-state index contributed by atoms with van der Waals surface area (Å²) in [6.45, 7) is 4.22. The summed E-state index contributed by atoms with van der Waals surface area (Å²) in [4.78, 5) is 0.317. The maximum atomic E-state index is 12.4. The first-order valence-corrected chi connectivity index (χ1v) is 8.86. The number of sulfonamides is 1. The van der Waals surface area contributed by atoms with Crippen LogP contribution in [0.2, 0.25) is 0 Å². The number of rotatable bonds is 6.